The number of hydrogen-bond donors (Lipinski definition) is 3. The van der Waals surface area contributed by atoms with Crippen molar-refractivity contribution in [2.45, 2.75) is 39.0 Å². The summed E-state index contributed by atoms with van der Waals surface area (Å²) >= 11 is 4.50. The highest BCUT2D eigenvalue weighted by molar-refractivity contribution is 7.80. The van der Waals surface area contributed by atoms with Crippen molar-refractivity contribution in [1.82, 2.24) is 10.9 Å². The Morgan fingerprint density at radius 2 is 2.00 bits per heavy atom. The van der Waals surface area contributed by atoms with Crippen molar-refractivity contribution in [3.63, 3.8) is 0 Å². The van der Waals surface area contributed by atoms with E-state index in [1.165, 1.54) is 0 Å². The van der Waals surface area contributed by atoms with Crippen LogP contribution in [-0.4, -0.2) is 17.0 Å². The Balaban J connectivity index is 3.90. The number of carbonyl (C=O) groups excluding carboxylic acids is 2. The van der Waals surface area contributed by atoms with Crippen molar-refractivity contribution in [1.29, 1.82) is 0 Å². The third-order valence-electron chi connectivity index (χ3n) is 2.28. The van der Waals surface area contributed by atoms with E-state index in [4.69, 9.17) is 5.73 Å². The van der Waals surface area contributed by atoms with Crippen LogP contribution in [0, 0.1) is 5.92 Å². The molecule has 0 radical (unpaired) electrons. The fourth-order valence-corrected chi connectivity index (χ4v) is 1.38. The van der Waals surface area contributed by atoms with Gasteiger partial charge in [0.05, 0.1) is 0 Å². The molecule has 0 rings (SSSR count). The summed E-state index contributed by atoms with van der Waals surface area (Å²) in [5.74, 6) is -2.03. The summed E-state index contributed by atoms with van der Waals surface area (Å²) in [7, 11) is 0. The van der Waals surface area contributed by atoms with E-state index in [1.807, 2.05) is 6.92 Å². The fraction of sp³-hybridized carbons (Fsp3) is 0.700. The largest absolute Gasteiger partial charge is 0.550 e. The standard InChI is InChI=1S/C10H19N3O3S/c1-2-3-4-7(9(15)16)5-6-8(14)12-13-10(11)17/h7H,2-6H2,1H3,(H,12,14)(H,15,16)(H3,11,13,17)/p-1/t7-/m0/s1. The van der Waals surface area contributed by atoms with E-state index in [1.54, 1.807) is 0 Å². The van der Waals surface area contributed by atoms with Gasteiger partial charge in [-0.25, -0.2) is 0 Å². The molecule has 98 valence electrons. The van der Waals surface area contributed by atoms with Crippen molar-refractivity contribution in [3.8, 4) is 0 Å². The number of carboxylic acids is 1. The second kappa shape index (κ2) is 8.74. The summed E-state index contributed by atoms with van der Waals surface area (Å²) in [6.07, 6.45) is 2.62. The molecule has 0 aromatic rings. The van der Waals surface area contributed by atoms with Gasteiger partial charge in [0.15, 0.2) is 5.11 Å². The molecule has 0 aromatic heterocycles. The molecule has 6 nitrogen and oxygen atoms in total. The molecule has 1 amide bonds. The Morgan fingerprint density at radius 3 is 2.47 bits per heavy atom. The number of nitrogens with one attached hydrogen (secondary N) is 2. The Kier molecular flexibility index (Phi) is 8.04. The molecule has 7 heteroatoms. The monoisotopic (exact) mass is 260 g/mol. The average molecular weight is 260 g/mol. The summed E-state index contributed by atoms with van der Waals surface area (Å²) in [6.45, 7) is 1.98. The minimum Gasteiger partial charge on any atom is -0.550 e. The van der Waals surface area contributed by atoms with E-state index in [0.717, 1.165) is 12.8 Å². The van der Waals surface area contributed by atoms with Gasteiger partial charge in [-0.05, 0) is 31.0 Å². The van der Waals surface area contributed by atoms with E-state index in [9.17, 15) is 14.7 Å². The minimum atomic E-state index is -1.10. The summed E-state index contributed by atoms with van der Waals surface area (Å²) < 4.78 is 0. The van der Waals surface area contributed by atoms with E-state index < -0.39 is 11.9 Å². The molecule has 0 bridgehead atoms. The summed E-state index contributed by atoms with van der Waals surface area (Å²) in [4.78, 5) is 22.0. The smallest absolute Gasteiger partial charge is 0.238 e. The van der Waals surface area contributed by atoms with Crippen LogP contribution in [0.25, 0.3) is 0 Å². The molecule has 0 unspecified atom stereocenters. The molecule has 0 aliphatic rings. The summed E-state index contributed by atoms with van der Waals surface area (Å²) in [6, 6.07) is 0. The highest BCUT2D eigenvalue weighted by atomic mass is 32.1. The van der Waals surface area contributed by atoms with Gasteiger partial charge in [0, 0.05) is 12.4 Å². The first-order valence-electron chi connectivity index (χ1n) is 5.52. The minimum absolute atomic E-state index is 0.0409. The lowest BCUT2D eigenvalue weighted by molar-refractivity contribution is -0.312. The zero-order chi connectivity index (χ0) is 13.3. The van der Waals surface area contributed by atoms with E-state index >= 15 is 0 Å². The van der Waals surface area contributed by atoms with Crippen LogP contribution in [0.4, 0.5) is 0 Å². The predicted octanol–water partition coefficient (Wildman–Crippen LogP) is -0.813. The highest BCUT2D eigenvalue weighted by Gasteiger charge is 2.12. The normalized spacial score (nSPS) is 11.6. The Hall–Kier alpha value is -1.37. The van der Waals surface area contributed by atoms with Crippen molar-refractivity contribution in [3.05, 3.63) is 0 Å². The third kappa shape index (κ3) is 8.44. The predicted molar refractivity (Wildman–Crippen MR) is 65.3 cm³/mol. The van der Waals surface area contributed by atoms with Crippen LogP contribution in [0.1, 0.15) is 39.0 Å². The third-order valence-corrected chi connectivity index (χ3v) is 2.39. The molecule has 0 saturated carbocycles. The number of amides is 1. The Bertz CT molecular complexity index is 284. The van der Waals surface area contributed by atoms with E-state index in [2.05, 4.69) is 23.1 Å². The van der Waals surface area contributed by atoms with Gasteiger partial charge in [0.25, 0.3) is 0 Å². The highest BCUT2D eigenvalue weighted by Crippen LogP contribution is 2.13. The number of aliphatic carboxylic acids is 1. The summed E-state index contributed by atoms with van der Waals surface area (Å²) in [5.41, 5.74) is 9.66. The number of hydrogen-bond acceptors (Lipinski definition) is 4. The zero-order valence-electron chi connectivity index (χ0n) is 9.82. The van der Waals surface area contributed by atoms with Crippen molar-refractivity contribution in [2.75, 3.05) is 0 Å². The number of thiocarbonyl (C=S) groups is 1. The molecule has 0 heterocycles. The molecular weight excluding hydrogens is 242 g/mol. The lowest BCUT2D eigenvalue weighted by Crippen LogP contribution is -2.44. The molecule has 0 aromatic carbocycles. The van der Waals surface area contributed by atoms with Crippen LogP contribution >= 0.6 is 12.2 Å². The average Bonchev–Trinajstić information content (AvgIpc) is 2.25. The lowest BCUT2D eigenvalue weighted by atomic mass is 9.97. The first kappa shape index (κ1) is 15.6. The maximum atomic E-state index is 11.2. The number of hydrazine groups is 1. The topological polar surface area (TPSA) is 107 Å². The Labute approximate surface area is 106 Å². The van der Waals surface area contributed by atoms with Gasteiger partial charge in [0.2, 0.25) is 5.91 Å². The fourth-order valence-electron chi connectivity index (χ4n) is 1.33. The van der Waals surface area contributed by atoms with Gasteiger partial charge >= 0.3 is 0 Å². The number of rotatable bonds is 7. The molecule has 0 saturated heterocycles. The molecule has 4 N–H and O–H groups in total. The van der Waals surface area contributed by atoms with Crippen molar-refractivity contribution in [2.24, 2.45) is 11.7 Å². The van der Waals surface area contributed by atoms with Crippen LogP contribution in [-0.2, 0) is 9.59 Å². The van der Waals surface area contributed by atoms with Gasteiger partial charge in [-0.3, -0.25) is 15.6 Å². The van der Waals surface area contributed by atoms with Crippen molar-refractivity contribution < 1.29 is 14.7 Å². The van der Waals surface area contributed by atoms with Gasteiger partial charge in [-0.2, -0.15) is 0 Å². The maximum absolute atomic E-state index is 11.2. The molecule has 0 spiro atoms. The number of carbonyl (C=O) groups is 2. The number of nitrogens with two attached hydrogens (primary N) is 1. The van der Waals surface area contributed by atoms with E-state index in [0.29, 0.717) is 6.42 Å². The van der Waals surface area contributed by atoms with Gasteiger partial charge < -0.3 is 15.6 Å². The van der Waals surface area contributed by atoms with Gasteiger partial charge in [0.1, 0.15) is 0 Å². The SMILES string of the molecule is CCCC[C@@H](CCC(=O)NNC(N)=S)C(=O)[O-]. The molecule has 1 atom stereocenters. The maximum Gasteiger partial charge on any atom is 0.238 e. The molecule has 0 aliphatic heterocycles. The first-order chi connectivity index (χ1) is 7.97. The van der Waals surface area contributed by atoms with Crippen LogP contribution in [0.5, 0.6) is 0 Å². The number of unbranched alkanes of at least 4 members (excludes halogenated alkanes) is 1. The quantitative estimate of drug-likeness (QED) is 0.408. The van der Waals surface area contributed by atoms with E-state index in [-0.39, 0.29) is 23.9 Å². The lowest BCUT2D eigenvalue weighted by Gasteiger charge is -2.17. The van der Waals surface area contributed by atoms with Crippen LogP contribution in [0.3, 0.4) is 0 Å². The number of carboxylic acid groups (broad SMARTS) is 1. The molecule has 0 aliphatic carbocycles. The van der Waals surface area contributed by atoms with Gasteiger partial charge in [-0.1, -0.05) is 19.8 Å². The van der Waals surface area contributed by atoms with Crippen molar-refractivity contribution >= 4 is 29.2 Å². The second-order valence-electron chi connectivity index (χ2n) is 3.73. The Morgan fingerprint density at radius 1 is 1.35 bits per heavy atom. The molecular formula is C10H18N3O3S-. The zero-order valence-corrected chi connectivity index (χ0v) is 10.6. The second-order valence-corrected chi connectivity index (χ2v) is 4.17. The van der Waals surface area contributed by atoms with Crippen LogP contribution in [0.15, 0.2) is 0 Å². The molecule has 17 heavy (non-hydrogen) atoms. The first-order valence-corrected chi connectivity index (χ1v) is 5.93. The summed E-state index contributed by atoms with van der Waals surface area (Å²) in [5, 5.41) is 10.7. The molecule has 0 fully saturated rings. The van der Waals surface area contributed by atoms with Crippen LogP contribution in [0.2, 0.25) is 0 Å². The van der Waals surface area contributed by atoms with Gasteiger partial charge in [-0.15, -0.1) is 0 Å². The van der Waals surface area contributed by atoms with Crippen LogP contribution < -0.4 is 21.7 Å².